The molecule has 5 heteroatoms. The van der Waals surface area contributed by atoms with Crippen LogP contribution in [0.1, 0.15) is 35.7 Å². The van der Waals surface area contributed by atoms with Crippen molar-refractivity contribution in [2.24, 2.45) is 5.92 Å². The summed E-state index contributed by atoms with van der Waals surface area (Å²) in [5.41, 5.74) is 0.881. The van der Waals surface area contributed by atoms with Crippen molar-refractivity contribution in [3.05, 3.63) is 46.0 Å². The van der Waals surface area contributed by atoms with Gasteiger partial charge in [0.25, 0.3) is 11.6 Å². The number of rotatable bonds is 3. The lowest BCUT2D eigenvalue weighted by Gasteiger charge is -2.31. The quantitative estimate of drug-likeness (QED) is 0.628. The van der Waals surface area contributed by atoms with Gasteiger partial charge >= 0.3 is 0 Å². The molecule has 1 aliphatic heterocycles. The first kappa shape index (κ1) is 14.2. The zero-order valence-electron chi connectivity index (χ0n) is 11.5. The summed E-state index contributed by atoms with van der Waals surface area (Å²) < 4.78 is 0. The maximum absolute atomic E-state index is 12.5. The Morgan fingerprint density at radius 2 is 2.25 bits per heavy atom. The molecule has 1 atom stereocenters. The van der Waals surface area contributed by atoms with E-state index in [1.54, 1.807) is 11.0 Å². The zero-order chi connectivity index (χ0) is 14.7. The highest BCUT2D eigenvalue weighted by atomic mass is 16.6. The van der Waals surface area contributed by atoms with Gasteiger partial charge in [0.1, 0.15) is 0 Å². The molecule has 0 bridgehead atoms. The Balaban J connectivity index is 2.31. The third-order valence-electron chi connectivity index (χ3n) is 3.58. The van der Waals surface area contributed by atoms with Crippen molar-refractivity contribution in [2.75, 3.05) is 13.1 Å². The molecule has 1 aromatic rings. The van der Waals surface area contributed by atoms with E-state index >= 15 is 0 Å². The predicted molar refractivity (Wildman–Crippen MR) is 77.5 cm³/mol. The van der Waals surface area contributed by atoms with E-state index in [1.165, 1.54) is 18.2 Å². The molecule has 1 heterocycles. The summed E-state index contributed by atoms with van der Waals surface area (Å²) in [7, 11) is 0. The van der Waals surface area contributed by atoms with Crippen molar-refractivity contribution in [1.29, 1.82) is 0 Å². The molecular formula is C15H18N2O3. The van der Waals surface area contributed by atoms with E-state index in [1.807, 2.05) is 0 Å². The van der Waals surface area contributed by atoms with Gasteiger partial charge in [0, 0.05) is 30.8 Å². The van der Waals surface area contributed by atoms with E-state index in [0.29, 0.717) is 23.6 Å². The van der Waals surface area contributed by atoms with Crippen LogP contribution in [0, 0.1) is 16.0 Å². The summed E-state index contributed by atoms with van der Waals surface area (Å²) >= 11 is 0. The van der Waals surface area contributed by atoms with Crippen LogP contribution in [0.25, 0.3) is 6.08 Å². The van der Waals surface area contributed by atoms with E-state index in [9.17, 15) is 14.9 Å². The number of benzene rings is 1. The maximum atomic E-state index is 12.5. The summed E-state index contributed by atoms with van der Waals surface area (Å²) in [6, 6.07) is 4.42. The van der Waals surface area contributed by atoms with Gasteiger partial charge in [0.2, 0.25) is 0 Å². The fourth-order valence-corrected chi connectivity index (χ4v) is 2.54. The second-order valence-electron chi connectivity index (χ2n) is 5.27. The van der Waals surface area contributed by atoms with Crippen LogP contribution < -0.4 is 0 Å². The summed E-state index contributed by atoms with van der Waals surface area (Å²) in [6.45, 7) is 7.15. The Hall–Kier alpha value is -2.17. The Morgan fingerprint density at radius 3 is 2.85 bits per heavy atom. The highest BCUT2D eigenvalue weighted by Gasteiger charge is 2.23. The highest BCUT2D eigenvalue weighted by Crippen LogP contribution is 2.22. The lowest BCUT2D eigenvalue weighted by molar-refractivity contribution is -0.384. The summed E-state index contributed by atoms with van der Waals surface area (Å²) in [5, 5.41) is 10.9. The number of nitro groups is 1. The minimum Gasteiger partial charge on any atom is -0.338 e. The number of hydrogen-bond donors (Lipinski definition) is 0. The second-order valence-corrected chi connectivity index (χ2v) is 5.27. The zero-order valence-corrected chi connectivity index (χ0v) is 11.5. The molecule has 106 valence electrons. The van der Waals surface area contributed by atoms with Crippen LogP contribution in [0.3, 0.4) is 0 Å². The molecule has 0 spiro atoms. The standard InChI is InChI=1S/C15H18N2O3/c1-3-12-7-13(9-14(8-12)17(19)20)15(18)16-6-4-5-11(2)10-16/h3,7-9,11H,1,4-6,10H2,2H3. The summed E-state index contributed by atoms with van der Waals surface area (Å²) in [6.07, 6.45) is 3.62. The molecule has 5 nitrogen and oxygen atoms in total. The molecule has 1 unspecified atom stereocenters. The number of hydrogen-bond acceptors (Lipinski definition) is 3. The number of carbonyl (C=O) groups is 1. The molecule has 0 aliphatic carbocycles. The van der Waals surface area contributed by atoms with Gasteiger partial charge in [-0.3, -0.25) is 14.9 Å². The van der Waals surface area contributed by atoms with E-state index in [0.717, 1.165) is 19.4 Å². The maximum Gasteiger partial charge on any atom is 0.270 e. The van der Waals surface area contributed by atoms with Crippen molar-refractivity contribution in [3.63, 3.8) is 0 Å². The first-order valence-electron chi connectivity index (χ1n) is 6.72. The van der Waals surface area contributed by atoms with E-state index in [4.69, 9.17) is 0 Å². The molecule has 1 saturated heterocycles. The van der Waals surface area contributed by atoms with Crippen LogP contribution >= 0.6 is 0 Å². The molecule has 0 N–H and O–H groups in total. The van der Waals surface area contributed by atoms with Gasteiger partial charge in [-0.1, -0.05) is 19.6 Å². The molecule has 1 aliphatic rings. The Labute approximate surface area is 118 Å². The largest absolute Gasteiger partial charge is 0.338 e. The second kappa shape index (κ2) is 5.86. The number of likely N-dealkylation sites (tertiary alicyclic amines) is 1. The lowest BCUT2D eigenvalue weighted by Crippen LogP contribution is -2.39. The Kier molecular flexibility index (Phi) is 4.17. The molecule has 1 amide bonds. The molecule has 20 heavy (non-hydrogen) atoms. The molecular weight excluding hydrogens is 256 g/mol. The summed E-state index contributed by atoms with van der Waals surface area (Å²) in [5.74, 6) is 0.341. The first-order valence-corrected chi connectivity index (χ1v) is 6.72. The van der Waals surface area contributed by atoms with Crippen LogP contribution in [0.4, 0.5) is 5.69 Å². The monoisotopic (exact) mass is 274 g/mol. The van der Waals surface area contributed by atoms with Crippen molar-refractivity contribution in [2.45, 2.75) is 19.8 Å². The third-order valence-corrected chi connectivity index (χ3v) is 3.58. The van der Waals surface area contributed by atoms with Crippen molar-refractivity contribution < 1.29 is 9.72 Å². The van der Waals surface area contributed by atoms with Gasteiger partial charge in [-0.05, 0) is 30.4 Å². The van der Waals surface area contributed by atoms with Crippen LogP contribution in [0.15, 0.2) is 24.8 Å². The van der Waals surface area contributed by atoms with Crippen molar-refractivity contribution >= 4 is 17.7 Å². The normalized spacial score (nSPS) is 18.6. The van der Waals surface area contributed by atoms with Crippen molar-refractivity contribution in [3.8, 4) is 0 Å². The fourth-order valence-electron chi connectivity index (χ4n) is 2.54. The topological polar surface area (TPSA) is 63.5 Å². The molecule has 0 saturated carbocycles. The van der Waals surface area contributed by atoms with Gasteiger partial charge in [0.05, 0.1) is 4.92 Å². The number of non-ortho nitro benzene ring substituents is 1. The van der Waals surface area contributed by atoms with Crippen LogP contribution in [0.2, 0.25) is 0 Å². The van der Waals surface area contributed by atoms with Crippen molar-refractivity contribution in [1.82, 2.24) is 4.90 Å². The number of carbonyl (C=O) groups excluding carboxylic acids is 1. The molecule has 1 fully saturated rings. The fraction of sp³-hybridized carbons (Fsp3) is 0.400. The molecule has 1 aromatic carbocycles. The highest BCUT2D eigenvalue weighted by molar-refractivity contribution is 5.95. The predicted octanol–water partition coefficient (Wildman–Crippen LogP) is 3.11. The van der Waals surface area contributed by atoms with Crippen LogP contribution in [-0.2, 0) is 0 Å². The number of nitrogens with zero attached hydrogens (tertiary/aromatic N) is 2. The van der Waals surface area contributed by atoms with E-state index in [-0.39, 0.29) is 11.6 Å². The van der Waals surface area contributed by atoms with Gasteiger partial charge in [-0.25, -0.2) is 0 Å². The third kappa shape index (κ3) is 3.04. The van der Waals surface area contributed by atoms with Crippen LogP contribution in [-0.4, -0.2) is 28.8 Å². The average molecular weight is 274 g/mol. The minimum absolute atomic E-state index is 0.0733. The van der Waals surface area contributed by atoms with E-state index < -0.39 is 4.92 Å². The number of nitro benzene ring substituents is 1. The minimum atomic E-state index is -0.484. The number of amides is 1. The average Bonchev–Trinajstić information content (AvgIpc) is 2.45. The van der Waals surface area contributed by atoms with E-state index in [2.05, 4.69) is 13.5 Å². The summed E-state index contributed by atoms with van der Waals surface area (Å²) in [4.78, 5) is 24.7. The Morgan fingerprint density at radius 1 is 1.50 bits per heavy atom. The molecule has 0 radical (unpaired) electrons. The first-order chi connectivity index (χ1) is 9.51. The van der Waals surface area contributed by atoms with Crippen LogP contribution in [0.5, 0.6) is 0 Å². The lowest BCUT2D eigenvalue weighted by atomic mass is 9.99. The number of piperidine rings is 1. The SMILES string of the molecule is C=Cc1cc(C(=O)N2CCCC(C)C2)cc([N+](=O)[O-])c1. The van der Waals surface area contributed by atoms with Gasteiger partial charge in [-0.15, -0.1) is 0 Å². The smallest absolute Gasteiger partial charge is 0.270 e. The van der Waals surface area contributed by atoms with Gasteiger partial charge in [0.15, 0.2) is 0 Å². The Bertz CT molecular complexity index is 554. The van der Waals surface area contributed by atoms with Gasteiger partial charge < -0.3 is 4.90 Å². The molecule has 0 aromatic heterocycles. The van der Waals surface area contributed by atoms with Gasteiger partial charge in [-0.2, -0.15) is 0 Å². The molecule has 2 rings (SSSR count).